The van der Waals surface area contributed by atoms with Crippen molar-refractivity contribution in [3.8, 4) is 0 Å². The standard InChI is InChI=1S/C12H17F3N2O2/c1-18-11(19-2)10(17-16)7-8-4-3-5-9(6-8)12(13,14)15/h3-6,10-11,17H,7,16H2,1-2H3. The molecule has 0 heterocycles. The molecular formula is C12H17F3N2O2. The molecule has 0 saturated carbocycles. The Balaban J connectivity index is 2.86. The Bertz CT molecular complexity index is 395. The summed E-state index contributed by atoms with van der Waals surface area (Å²) in [5.74, 6) is 5.36. The molecule has 19 heavy (non-hydrogen) atoms. The zero-order chi connectivity index (χ0) is 14.5. The van der Waals surface area contributed by atoms with Crippen molar-refractivity contribution in [3.63, 3.8) is 0 Å². The average Bonchev–Trinajstić information content (AvgIpc) is 2.38. The minimum Gasteiger partial charge on any atom is -0.354 e. The van der Waals surface area contributed by atoms with Crippen LogP contribution in [-0.4, -0.2) is 26.6 Å². The number of alkyl halides is 3. The maximum atomic E-state index is 12.6. The van der Waals surface area contributed by atoms with Gasteiger partial charge in [-0.2, -0.15) is 13.2 Å². The molecule has 0 aliphatic heterocycles. The predicted molar refractivity (Wildman–Crippen MR) is 64.1 cm³/mol. The lowest BCUT2D eigenvalue weighted by atomic mass is 10.0. The van der Waals surface area contributed by atoms with Crippen LogP contribution in [0.2, 0.25) is 0 Å². The molecule has 0 aliphatic carbocycles. The first-order valence-electron chi connectivity index (χ1n) is 5.60. The van der Waals surface area contributed by atoms with Crippen LogP contribution in [0, 0.1) is 0 Å². The smallest absolute Gasteiger partial charge is 0.354 e. The van der Waals surface area contributed by atoms with Crippen LogP contribution in [-0.2, 0) is 22.1 Å². The third-order valence-corrected chi connectivity index (χ3v) is 2.72. The van der Waals surface area contributed by atoms with Gasteiger partial charge in [-0.3, -0.25) is 11.3 Å². The van der Waals surface area contributed by atoms with Crippen LogP contribution in [0.25, 0.3) is 0 Å². The first kappa shape index (κ1) is 15.9. The number of hydrazine groups is 1. The van der Waals surface area contributed by atoms with Crippen LogP contribution in [0.1, 0.15) is 11.1 Å². The van der Waals surface area contributed by atoms with Crippen LogP contribution < -0.4 is 11.3 Å². The van der Waals surface area contributed by atoms with Gasteiger partial charge in [0.2, 0.25) is 0 Å². The van der Waals surface area contributed by atoms with Gasteiger partial charge in [0.25, 0.3) is 0 Å². The number of hydrogen-bond donors (Lipinski definition) is 2. The average molecular weight is 278 g/mol. The van der Waals surface area contributed by atoms with Crippen LogP contribution in [0.3, 0.4) is 0 Å². The fourth-order valence-electron chi connectivity index (χ4n) is 1.79. The molecule has 0 bridgehead atoms. The van der Waals surface area contributed by atoms with E-state index in [1.165, 1.54) is 20.3 Å². The molecule has 0 fully saturated rings. The Hall–Kier alpha value is -1.15. The molecule has 7 heteroatoms. The van der Waals surface area contributed by atoms with Crippen LogP contribution in [0.4, 0.5) is 13.2 Å². The second-order valence-electron chi connectivity index (χ2n) is 4.02. The van der Waals surface area contributed by atoms with E-state index in [0.29, 0.717) is 5.56 Å². The van der Waals surface area contributed by atoms with Gasteiger partial charge in [-0.1, -0.05) is 18.2 Å². The van der Waals surface area contributed by atoms with Crippen molar-refractivity contribution in [2.45, 2.75) is 24.9 Å². The normalized spacial score (nSPS) is 13.8. The van der Waals surface area contributed by atoms with Gasteiger partial charge < -0.3 is 9.47 Å². The Morgan fingerprint density at radius 2 is 1.89 bits per heavy atom. The Morgan fingerprint density at radius 1 is 1.26 bits per heavy atom. The summed E-state index contributed by atoms with van der Waals surface area (Å²) in [6, 6.07) is 4.63. The Morgan fingerprint density at radius 3 is 2.37 bits per heavy atom. The molecule has 0 aliphatic rings. The van der Waals surface area contributed by atoms with Gasteiger partial charge in [0, 0.05) is 14.2 Å². The lowest BCUT2D eigenvalue weighted by Crippen LogP contribution is -2.47. The Kier molecular flexibility index (Phi) is 5.74. The number of nitrogens with one attached hydrogen (secondary N) is 1. The van der Waals surface area contributed by atoms with E-state index in [9.17, 15) is 13.2 Å². The molecule has 0 spiro atoms. The lowest BCUT2D eigenvalue weighted by molar-refractivity contribution is -0.137. The minimum atomic E-state index is -4.36. The molecule has 1 aromatic rings. The van der Waals surface area contributed by atoms with Gasteiger partial charge in [-0.15, -0.1) is 0 Å². The molecular weight excluding hydrogens is 261 g/mol. The molecule has 0 saturated heterocycles. The predicted octanol–water partition coefficient (Wildman–Crippen LogP) is 1.70. The quantitative estimate of drug-likeness (QED) is 0.472. The number of ether oxygens (including phenoxy) is 2. The number of rotatable bonds is 6. The highest BCUT2D eigenvalue weighted by molar-refractivity contribution is 5.26. The maximum Gasteiger partial charge on any atom is 0.416 e. The van der Waals surface area contributed by atoms with Gasteiger partial charge in [-0.05, 0) is 18.1 Å². The lowest BCUT2D eigenvalue weighted by Gasteiger charge is -2.24. The van der Waals surface area contributed by atoms with E-state index in [4.69, 9.17) is 15.3 Å². The molecule has 0 radical (unpaired) electrons. The summed E-state index contributed by atoms with van der Waals surface area (Å²) >= 11 is 0. The third-order valence-electron chi connectivity index (χ3n) is 2.72. The van der Waals surface area contributed by atoms with E-state index in [2.05, 4.69) is 5.43 Å². The van der Waals surface area contributed by atoms with E-state index < -0.39 is 24.1 Å². The Labute approximate surface area is 109 Å². The first-order valence-corrected chi connectivity index (χ1v) is 5.60. The summed E-state index contributed by atoms with van der Waals surface area (Å²) in [6.07, 6.45) is -4.74. The number of halogens is 3. The molecule has 1 atom stereocenters. The molecule has 1 aromatic carbocycles. The summed E-state index contributed by atoms with van der Waals surface area (Å²) in [4.78, 5) is 0. The van der Waals surface area contributed by atoms with Gasteiger partial charge in [0.05, 0.1) is 11.6 Å². The first-order chi connectivity index (χ1) is 8.92. The highest BCUT2D eigenvalue weighted by Crippen LogP contribution is 2.29. The second kappa shape index (κ2) is 6.85. The molecule has 3 N–H and O–H groups in total. The monoisotopic (exact) mass is 278 g/mol. The van der Waals surface area contributed by atoms with Gasteiger partial charge in [0.15, 0.2) is 6.29 Å². The number of methoxy groups -OCH3 is 2. The summed E-state index contributed by atoms with van der Waals surface area (Å²) in [7, 11) is 2.87. The summed E-state index contributed by atoms with van der Waals surface area (Å²) in [5.41, 5.74) is 2.29. The van der Waals surface area contributed by atoms with Crippen LogP contribution in [0.15, 0.2) is 24.3 Å². The van der Waals surface area contributed by atoms with E-state index in [-0.39, 0.29) is 6.42 Å². The van der Waals surface area contributed by atoms with Crippen LogP contribution >= 0.6 is 0 Å². The molecule has 108 valence electrons. The molecule has 4 nitrogen and oxygen atoms in total. The molecule has 1 unspecified atom stereocenters. The fraction of sp³-hybridized carbons (Fsp3) is 0.500. The van der Waals surface area contributed by atoms with Crippen molar-refractivity contribution < 1.29 is 22.6 Å². The third kappa shape index (κ3) is 4.46. The van der Waals surface area contributed by atoms with Crippen molar-refractivity contribution in [1.82, 2.24) is 5.43 Å². The van der Waals surface area contributed by atoms with Crippen molar-refractivity contribution in [2.24, 2.45) is 5.84 Å². The van der Waals surface area contributed by atoms with E-state index in [1.807, 2.05) is 0 Å². The zero-order valence-corrected chi connectivity index (χ0v) is 10.7. The van der Waals surface area contributed by atoms with Crippen LogP contribution in [0.5, 0.6) is 0 Å². The van der Waals surface area contributed by atoms with E-state index in [0.717, 1.165) is 12.1 Å². The van der Waals surface area contributed by atoms with E-state index in [1.54, 1.807) is 6.07 Å². The zero-order valence-electron chi connectivity index (χ0n) is 10.7. The number of hydrogen-bond acceptors (Lipinski definition) is 4. The molecule has 1 rings (SSSR count). The highest BCUT2D eigenvalue weighted by Gasteiger charge is 2.30. The fourth-order valence-corrected chi connectivity index (χ4v) is 1.79. The molecule has 0 amide bonds. The summed E-state index contributed by atoms with van der Waals surface area (Å²) < 4.78 is 47.8. The topological polar surface area (TPSA) is 56.5 Å². The van der Waals surface area contributed by atoms with Gasteiger partial charge in [-0.25, -0.2) is 0 Å². The minimum absolute atomic E-state index is 0.257. The van der Waals surface area contributed by atoms with Crippen molar-refractivity contribution in [2.75, 3.05) is 14.2 Å². The largest absolute Gasteiger partial charge is 0.416 e. The maximum absolute atomic E-state index is 12.6. The number of nitrogens with two attached hydrogens (primary N) is 1. The van der Waals surface area contributed by atoms with Crippen molar-refractivity contribution in [1.29, 1.82) is 0 Å². The van der Waals surface area contributed by atoms with Gasteiger partial charge in [0.1, 0.15) is 0 Å². The second-order valence-corrected chi connectivity index (χ2v) is 4.02. The van der Waals surface area contributed by atoms with Crippen molar-refractivity contribution >= 4 is 0 Å². The summed E-state index contributed by atoms with van der Waals surface area (Å²) in [6.45, 7) is 0. The SMILES string of the molecule is COC(OC)C(Cc1cccc(C(F)(F)F)c1)NN. The highest BCUT2D eigenvalue weighted by atomic mass is 19.4. The van der Waals surface area contributed by atoms with E-state index >= 15 is 0 Å². The summed E-state index contributed by atoms with van der Waals surface area (Å²) in [5, 5.41) is 0. The molecule has 0 aromatic heterocycles. The van der Waals surface area contributed by atoms with Gasteiger partial charge >= 0.3 is 6.18 Å². The number of benzene rings is 1. The van der Waals surface area contributed by atoms with Crippen molar-refractivity contribution in [3.05, 3.63) is 35.4 Å².